The highest BCUT2D eigenvalue weighted by atomic mass is 35.5. The highest BCUT2D eigenvalue weighted by Gasteiger charge is 2.03. The Morgan fingerprint density at radius 3 is 2.83 bits per heavy atom. The van der Waals surface area contributed by atoms with E-state index in [1.165, 1.54) is 0 Å². The highest BCUT2D eigenvalue weighted by molar-refractivity contribution is 7.98. The SMILES string of the molecule is CC(C)CSCc1noc(Cl)n1. The standard InChI is InChI=1S/C7H11ClN2OS/c1-5(2)3-12-4-6-9-7(8)11-10-6/h5H,3-4H2,1-2H3. The number of halogens is 1. The summed E-state index contributed by atoms with van der Waals surface area (Å²) in [5, 5.41) is 3.79. The van der Waals surface area contributed by atoms with Crippen molar-refractivity contribution in [2.24, 2.45) is 5.92 Å². The normalized spacial score (nSPS) is 11.0. The van der Waals surface area contributed by atoms with E-state index in [-0.39, 0.29) is 5.35 Å². The minimum Gasteiger partial charge on any atom is -0.321 e. The Bertz CT molecular complexity index is 239. The molecular weight excluding hydrogens is 196 g/mol. The summed E-state index contributed by atoms with van der Waals surface area (Å²) in [6, 6.07) is 0. The van der Waals surface area contributed by atoms with Crippen LogP contribution < -0.4 is 0 Å². The summed E-state index contributed by atoms with van der Waals surface area (Å²) >= 11 is 7.24. The average Bonchev–Trinajstić information content (AvgIpc) is 2.35. The molecule has 0 N–H and O–H groups in total. The Morgan fingerprint density at radius 2 is 2.33 bits per heavy atom. The van der Waals surface area contributed by atoms with Crippen molar-refractivity contribution in [2.45, 2.75) is 19.6 Å². The van der Waals surface area contributed by atoms with Gasteiger partial charge in [-0.3, -0.25) is 0 Å². The molecule has 12 heavy (non-hydrogen) atoms. The lowest BCUT2D eigenvalue weighted by Crippen LogP contribution is -1.92. The zero-order valence-electron chi connectivity index (χ0n) is 7.08. The quantitative estimate of drug-likeness (QED) is 0.759. The summed E-state index contributed by atoms with van der Waals surface area (Å²) in [5.41, 5.74) is 0. The van der Waals surface area contributed by atoms with Crippen LogP contribution in [0.5, 0.6) is 0 Å². The summed E-state index contributed by atoms with van der Waals surface area (Å²) < 4.78 is 4.61. The minimum atomic E-state index is 0.121. The lowest BCUT2D eigenvalue weighted by atomic mass is 10.3. The van der Waals surface area contributed by atoms with Crippen molar-refractivity contribution in [3.8, 4) is 0 Å². The maximum absolute atomic E-state index is 5.45. The molecule has 0 atom stereocenters. The van der Waals surface area contributed by atoms with Crippen LogP contribution in [0.15, 0.2) is 4.52 Å². The number of hydrogen-bond donors (Lipinski definition) is 0. The van der Waals surface area contributed by atoms with E-state index in [2.05, 4.69) is 28.5 Å². The zero-order valence-corrected chi connectivity index (χ0v) is 8.65. The van der Waals surface area contributed by atoms with Gasteiger partial charge in [-0.25, -0.2) is 0 Å². The Labute approximate surface area is 80.9 Å². The molecule has 0 saturated carbocycles. The van der Waals surface area contributed by atoms with Crippen LogP contribution in [0.2, 0.25) is 5.35 Å². The molecule has 0 aliphatic heterocycles. The number of hydrogen-bond acceptors (Lipinski definition) is 4. The third kappa shape index (κ3) is 3.45. The average molecular weight is 207 g/mol. The van der Waals surface area contributed by atoms with Gasteiger partial charge in [0, 0.05) is 0 Å². The van der Waals surface area contributed by atoms with Crippen LogP contribution in [0.1, 0.15) is 19.7 Å². The lowest BCUT2D eigenvalue weighted by Gasteiger charge is -2.00. The minimum absolute atomic E-state index is 0.121. The second-order valence-electron chi connectivity index (χ2n) is 2.87. The van der Waals surface area contributed by atoms with Gasteiger partial charge in [0.05, 0.1) is 5.75 Å². The van der Waals surface area contributed by atoms with Crippen molar-refractivity contribution in [3.63, 3.8) is 0 Å². The molecule has 1 aromatic heterocycles. The molecule has 1 heterocycles. The first-order valence-electron chi connectivity index (χ1n) is 3.74. The van der Waals surface area contributed by atoms with Crippen molar-refractivity contribution in [2.75, 3.05) is 5.75 Å². The van der Waals surface area contributed by atoms with Gasteiger partial charge in [-0.2, -0.15) is 16.7 Å². The molecule has 0 aliphatic carbocycles. The fraction of sp³-hybridized carbons (Fsp3) is 0.714. The van der Waals surface area contributed by atoms with Gasteiger partial charge >= 0.3 is 5.35 Å². The smallest absolute Gasteiger partial charge is 0.320 e. The van der Waals surface area contributed by atoms with Crippen LogP contribution in [-0.2, 0) is 5.75 Å². The second kappa shape index (κ2) is 4.72. The summed E-state index contributed by atoms with van der Waals surface area (Å²) in [6.45, 7) is 4.35. The lowest BCUT2D eigenvalue weighted by molar-refractivity contribution is 0.414. The Balaban J connectivity index is 2.24. The van der Waals surface area contributed by atoms with E-state index in [4.69, 9.17) is 11.6 Å². The predicted octanol–water partition coefficient (Wildman–Crippen LogP) is 2.61. The number of nitrogens with zero attached hydrogens (tertiary/aromatic N) is 2. The summed E-state index contributed by atoms with van der Waals surface area (Å²) in [5.74, 6) is 3.24. The monoisotopic (exact) mass is 206 g/mol. The molecule has 0 unspecified atom stereocenters. The third-order valence-electron chi connectivity index (χ3n) is 1.13. The van der Waals surface area contributed by atoms with Gasteiger partial charge in [-0.05, 0) is 23.3 Å². The molecule has 0 amide bonds. The van der Waals surface area contributed by atoms with Crippen molar-refractivity contribution < 1.29 is 4.52 Å². The van der Waals surface area contributed by atoms with E-state index >= 15 is 0 Å². The van der Waals surface area contributed by atoms with E-state index in [0.717, 1.165) is 11.5 Å². The van der Waals surface area contributed by atoms with Gasteiger partial charge < -0.3 is 4.52 Å². The topological polar surface area (TPSA) is 38.9 Å². The van der Waals surface area contributed by atoms with E-state index in [1.807, 2.05) is 0 Å². The van der Waals surface area contributed by atoms with Crippen LogP contribution in [0.4, 0.5) is 0 Å². The summed E-state index contributed by atoms with van der Waals surface area (Å²) in [6.07, 6.45) is 0. The molecule has 0 radical (unpaired) electrons. The van der Waals surface area contributed by atoms with Crippen LogP contribution in [-0.4, -0.2) is 15.9 Å². The van der Waals surface area contributed by atoms with Gasteiger partial charge in [-0.1, -0.05) is 19.0 Å². The van der Waals surface area contributed by atoms with E-state index in [0.29, 0.717) is 11.7 Å². The maximum Gasteiger partial charge on any atom is 0.320 e. The molecule has 0 saturated heterocycles. The molecule has 0 aliphatic rings. The largest absolute Gasteiger partial charge is 0.321 e. The van der Waals surface area contributed by atoms with Crippen molar-refractivity contribution in [1.29, 1.82) is 0 Å². The molecule has 1 rings (SSSR count). The van der Waals surface area contributed by atoms with Gasteiger partial charge in [0.15, 0.2) is 5.82 Å². The van der Waals surface area contributed by atoms with Crippen LogP contribution in [0.3, 0.4) is 0 Å². The molecule has 0 fully saturated rings. The first kappa shape index (κ1) is 9.86. The highest BCUT2D eigenvalue weighted by Crippen LogP contribution is 2.14. The summed E-state index contributed by atoms with van der Waals surface area (Å²) in [4.78, 5) is 3.87. The fourth-order valence-electron chi connectivity index (χ4n) is 0.677. The van der Waals surface area contributed by atoms with Crippen molar-refractivity contribution in [3.05, 3.63) is 11.2 Å². The van der Waals surface area contributed by atoms with E-state index in [1.54, 1.807) is 11.8 Å². The first-order chi connectivity index (χ1) is 5.68. The van der Waals surface area contributed by atoms with Gasteiger partial charge in [0.1, 0.15) is 0 Å². The van der Waals surface area contributed by atoms with Gasteiger partial charge in [0.25, 0.3) is 0 Å². The first-order valence-corrected chi connectivity index (χ1v) is 5.27. The number of rotatable bonds is 4. The van der Waals surface area contributed by atoms with Crippen LogP contribution in [0.25, 0.3) is 0 Å². The summed E-state index contributed by atoms with van der Waals surface area (Å²) in [7, 11) is 0. The Hall–Kier alpha value is -0.220. The van der Waals surface area contributed by atoms with E-state index in [9.17, 15) is 0 Å². The predicted molar refractivity (Wildman–Crippen MR) is 50.3 cm³/mol. The van der Waals surface area contributed by atoms with Crippen molar-refractivity contribution in [1.82, 2.24) is 10.1 Å². The molecule has 0 spiro atoms. The maximum atomic E-state index is 5.45. The number of aromatic nitrogens is 2. The molecule has 1 aromatic rings. The van der Waals surface area contributed by atoms with Crippen molar-refractivity contribution >= 4 is 23.4 Å². The second-order valence-corrected chi connectivity index (χ2v) is 4.23. The number of thioether (sulfide) groups is 1. The molecule has 0 aromatic carbocycles. The zero-order chi connectivity index (χ0) is 8.97. The Morgan fingerprint density at radius 1 is 1.58 bits per heavy atom. The molecular formula is C7H11ClN2OS. The van der Waals surface area contributed by atoms with E-state index < -0.39 is 0 Å². The molecule has 5 heteroatoms. The third-order valence-corrected chi connectivity index (χ3v) is 2.64. The molecule has 0 bridgehead atoms. The Kier molecular flexibility index (Phi) is 3.88. The van der Waals surface area contributed by atoms with Crippen LogP contribution >= 0.6 is 23.4 Å². The van der Waals surface area contributed by atoms with Gasteiger partial charge in [-0.15, -0.1) is 0 Å². The fourth-order valence-corrected chi connectivity index (χ4v) is 1.70. The van der Waals surface area contributed by atoms with Crippen LogP contribution in [0, 0.1) is 5.92 Å². The molecule has 68 valence electrons. The van der Waals surface area contributed by atoms with Gasteiger partial charge in [0.2, 0.25) is 0 Å². The molecule has 3 nitrogen and oxygen atoms in total.